The first-order chi connectivity index (χ1) is 13.2. The number of piperazine rings is 1. The van der Waals surface area contributed by atoms with E-state index in [0.29, 0.717) is 18.8 Å². The molecule has 1 fully saturated rings. The number of carbonyl (C=O) groups excluding carboxylic acids is 1. The summed E-state index contributed by atoms with van der Waals surface area (Å²) < 4.78 is 0. The van der Waals surface area contributed by atoms with Crippen LogP contribution in [0.5, 0.6) is 0 Å². The molecule has 0 unspecified atom stereocenters. The van der Waals surface area contributed by atoms with Crippen LogP contribution in [0.25, 0.3) is 10.9 Å². The van der Waals surface area contributed by atoms with Gasteiger partial charge in [0.15, 0.2) is 0 Å². The van der Waals surface area contributed by atoms with Crippen LogP contribution in [0.2, 0.25) is 0 Å². The smallest absolute Gasteiger partial charge is 0.233 e. The maximum atomic E-state index is 12.6. The van der Waals surface area contributed by atoms with Crippen molar-refractivity contribution in [2.45, 2.75) is 11.9 Å². The first-order valence-corrected chi connectivity index (χ1v) is 9.85. The predicted octanol–water partition coefficient (Wildman–Crippen LogP) is 2.17. The number of aromatic nitrogens is 4. The van der Waals surface area contributed by atoms with Crippen molar-refractivity contribution in [3.05, 3.63) is 48.5 Å². The number of nitrogens with zero attached hydrogens (tertiary/aromatic N) is 6. The van der Waals surface area contributed by atoms with Crippen LogP contribution in [0.4, 0.5) is 5.95 Å². The molecular weight excluding hydrogens is 360 g/mol. The van der Waals surface area contributed by atoms with E-state index in [2.05, 4.69) is 24.8 Å². The van der Waals surface area contributed by atoms with Crippen LogP contribution in [-0.2, 0) is 4.79 Å². The summed E-state index contributed by atoms with van der Waals surface area (Å²) in [6, 6.07) is 9.71. The third kappa shape index (κ3) is 4.00. The zero-order valence-electron chi connectivity index (χ0n) is 15.1. The van der Waals surface area contributed by atoms with Crippen LogP contribution in [0.1, 0.15) is 5.82 Å². The van der Waals surface area contributed by atoms with Crippen LogP contribution in [0.15, 0.2) is 47.8 Å². The van der Waals surface area contributed by atoms with E-state index in [1.54, 1.807) is 18.5 Å². The molecule has 138 valence electrons. The minimum atomic E-state index is 0.133. The van der Waals surface area contributed by atoms with Gasteiger partial charge in [0.2, 0.25) is 11.9 Å². The standard InChI is InChI=1S/C19H20N6OS/c1-14-22-16-6-3-2-5-15(16)18(23-14)27-13-17(26)24-9-11-25(12-10-24)19-20-7-4-8-21-19/h2-8H,9-13H2,1H3. The Kier molecular flexibility index (Phi) is 5.15. The number of benzene rings is 1. The first kappa shape index (κ1) is 17.7. The number of thioether (sulfide) groups is 1. The Labute approximate surface area is 161 Å². The monoisotopic (exact) mass is 380 g/mol. The summed E-state index contributed by atoms with van der Waals surface area (Å²) in [6.07, 6.45) is 3.48. The third-order valence-corrected chi connectivity index (χ3v) is 5.46. The molecular formula is C19H20N6OS. The lowest BCUT2D eigenvalue weighted by molar-refractivity contribution is -0.128. The van der Waals surface area contributed by atoms with Crippen molar-refractivity contribution >= 4 is 34.5 Å². The SMILES string of the molecule is Cc1nc(SCC(=O)N2CCN(c3ncccn3)CC2)c2ccccc2n1. The van der Waals surface area contributed by atoms with Crippen molar-refractivity contribution in [3.8, 4) is 0 Å². The van der Waals surface area contributed by atoms with Crippen LogP contribution in [0, 0.1) is 6.92 Å². The highest BCUT2D eigenvalue weighted by molar-refractivity contribution is 8.00. The quantitative estimate of drug-likeness (QED) is 0.507. The van der Waals surface area contributed by atoms with Gasteiger partial charge in [0.1, 0.15) is 10.9 Å². The van der Waals surface area contributed by atoms with Crippen LogP contribution in [0.3, 0.4) is 0 Å². The minimum Gasteiger partial charge on any atom is -0.338 e. The Balaban J connectivity index is 1.37. The maximum Gasteiger partial charge on any atom is 0.233 e. The summed E-state index contributed by atoms with van der Waals surface area (Å²) in [7, 11) is 0. The van der Waals surface area contributed by atoms with E-state index in [1.807, 2.05) is 36.1 Å². The summed E-state index contributed by atoms with van der Waals surface area (Å²) >= 11 is 1.48. The summed E-state index contributed by atoms with van der Waals surface area (Å²) in [5.74, 6) is 1.96. The molecule has 7 nitrogen and oxygen atoms in total. The van der Waals surface area contributed by atoms with Crippen molar-refractivity contribution in [1.29, 1.82) is 0 Å². The van der Waals surface area contributed by atoms with Crippen LogP contribution >= 0.6 is 11.8 Å². The fourth-order valence-electron chi connectivity index (χ4n) is 3.10. The average Bonchev–Trinajstić information content (AvgIpc) is 2.72. The molecule has 1 aliphatic rings. The lowest BCUT2D eigenvalue weighted by atomic mass is 10.2. The second-order valence-electron chi connectivity index (χ2n) is 6.30. The van der Waals surface area contributed by atoms with Gasteiger partial charge in [0, 0.05) is 44.0 Å². The van der Waals surface area contributed by atoms with E-state index in [1.165, 1.54) is 11.8 Å². The van der Waals surface area contributed by atoms with Gasteiger partial charge in [-0.3, -0.25) is 4.79 Å². The maximum absolute atomic E-state index is 12.6. The Morgan fingerprint density at radius 2 is 1.78 bits per heavy atom. The molecule has 0 aliphatic carbocycles. The van der Waals surface area contributed by atoms with Gasteiger partial charge in [0.25, 0.3) is 0 Å². The normalized spacial score (nSPS) is 14.6. The molecule has 3 heterocycles. The van der Waals surface area contributed by atoms with Gasteiger partial charge in [-0.1, -0.05) is 30.0 Å². The molecule has 1 amide bonds. The lowest BCUT2D eigenvalue weighted by Crippen LogP contribution is -2.49. The zero-order chi connectivity index (χ0) is 18.6. The molecule has 3 aromatic rings. The summed E-state index contributed by atoms with van der Waals surface area (Å²) in [5.41, 5.74) is 0.913. The predicted molar refractivity (Wildman–Crippen MR) is 106 cm³/mol. The third-order valence-electron chi connectivity index (χ3n) is 4.48. The first-order valence-electron chi connectivity index (χ1n) is 8.86. The van der Waals surface area contributed by atoms with Gasteiger partial charge in [-0.2, -0.15) is 0 Å². The average molecular weight is 380 g/mol. The fourth-order valence-corrected chi connectivity index (χ4v) is 4.07. The van der Waals surface area contributed by atoms with Gasteiger partial charge in [-0.25, -0.2) is 19.9 Å². The second-order valence-corrected chi connectivity index (χ2v) is 7.26. The molecule has 1 aromatic carbocycles. The number of fused-ring (bicyclic) bond motifs is 1. The molecule has 0 radical (unpaired) electrons. The Morgan fingerprint density at radius 3 is 2.56 bits per heavy atom. The highest BCUT2D eigenvalue weighted by atomic mass is 32.2. The Bertz CT molecular complexity index is 943. The molecule has 0 saturated carbocycles. The largest absolute Gasteiger partial charge is 0.338 e. The van der Waals surface area contributed by atoms with Crippen molar-refractivity contribution in [2.75, 3.05) is 36.8 Å². The molecule has 0 N–H and O–H groups in total. The van der Waals surface area contributed by atoms with Gasteiger partial charge in [0.05, 0.1) is 11.3 Å². The molecule has 27 heavy (non-hydrogen) atoms. The van der Waals surface area contributed by atoms with Gasteiger partial charge < -0.3 is 9.80 Å². The van der Waals surface area contributed by atoms with Crippen LogP contribution in [-0.4, -0.2) is 62.7 Å². The summed E-state index contributed by atoms with van der Waals surface area (Å²) in [5, 5.41) is 1.86. The molecule has 1 aliphatic heterocycles. The summed E-state index contributed by atoms with van der Waals surface area (Å²) in [4.78, 5) is 34.2. The number of hydrogen-bond acceptors (Lipinski definition) is 7. The van der Waals surface area contributed by atoms with Crippen molar-refractivity contribution in [1.82, 2.24) is 24.8 Å². The lowest BCUT2D eigenvalue weighted by Gasteiger charge is -2.34. The number of aryl methyl sites for hydroxylation is 1. The van der Waals surface area contributed by atoms with Gasteiger partial charge in [-0.15, -0.1) is 0 Å². The number of para-hydroxylation sites is 1. The van der Waals surface area contributed by atoms with Crippen molar-refractivity contribution < 1.29 is 4.79 Å². The number of anilines is 1. The molecule has 0 spiro atoms. The Morgan fingerprint density at radius 1 is 1.04 bits per heavy atom. The van der Waals surface area contributed by atoms with Crippen LogP contribution < -0.4 is 4.90 Å². The Hall–Kier alpha value is -2.74. The fraction of sp³-hybridized carbons (Fsp3) is 0.316. The number of rotatable bonds is 4. The minimum absolute atomic E-state index is 0.133. The highest BCUT2D eigenvalue weighted by Gasteiger charge is 2.22. The zero-order valence-corrected chi connectivity index (χ0v) is 15.9. The van der Waals surface area contributed by atoms with Crippen molar-refractivity contribution in [3.63, 3.8) is 0 Å². The molecule has 0 atom stereocenters. The van der Waals surface area contributed by atoms with E-state index < -0.39 is 0 Å². The molecule has 8 heteroatoms. The highest BCUT2D eigenvalue weighted by Crippen LogP contribution is 2.25. The topological polar surface area (TPSA) is 75.1 Å². The number of hydrogen-bond donors (Lipinski definition) is 0. The van der Waals surface area contributed by atoms with E-state index in [9.17, 15) is 4.79 Å². The molecule has 0 bridgehead atoms. The van der Waals surface area contributed by atoms with E-state index in [4.69, 9.17) is 0 Å². The number of amides is 1. The van der Waals surface area contributed by atoms with E-state index in [-0.39, 0.29) is 5.91 Å². The summed E-state index contributed by atoms with van der Waals surface area (Å²) in [6.45, 7) is 4.73. The second kappa shape index (κ2) is 7.87. The molecule has 1 saturated heterocycles. The van der Waals surface area contributed by atoms with E-state index in [0.717, 1.165) is 40.8 Å². The van der Waals surface area contributed by atoms with E-state index >= 15 is 0 Å². The molecule has 2 aromatic heterocycles. The van der Waals surface area contributed by atoms with Gasteiger partial charge in [-0.05, 0) is 19.1 Å². The molecule has 4 rings (SSSR count). The number of carbonyl (C=O) groups is 1. The van der Waals surface area contributed by atoms with Gasteiger partial charge >= 0.3 is 0 Å². The van der Waals surface area contributed by atoms with Crippen molar-refractivity contribution in [2.24, 2.45) is 0 Å².